The second-order valence-corrected chi connectivity index (χ2v) is 5.87. The van der Waals surface area contributed by atoms with Crippen LogP contribution in [0.2, 0.25) is 0 Å². The maximum Gasteiger partial charge on any atom is 0.232 e. The highest BCUT2D eigenvalue weighted by Gasteiger charge is 2.21. The van der Waals surface area contributed by atoms with Gasteiger partial charge < -0.3 is 19.9 Å². The molecule has 0 amide bonds. The van der Waals surface area contributed by atoms with Gasteiger partial charge in [-0.3, -0.25) is 9.38 Å². The van der Waals surface area contributed by atoms with E-state index in [0.29, 0.717) is 24.8 Å². The molecule has 0 atom stereocenters. The van der Waals surface area contributed by atoms with E-state index in [-0.39, 0.29) is 30.7 Å². The number of nitrogens with zero attached hydrogens (tertiary/aromatic N) is 5. The number of halogens is 3. The Hall–Kier alpha value is -0.910. The van der Waals surface area contributed by atoms with Crippen LogP contribution in [0, 0.1) is 0 Å². The summed E-state index contributed by atoms with van der Waals surface area (Å²) in [6, 6.07) is 0. The molecular formula is C14H23BrFIN6O. The third-order valence-electron chi connectivity index (χ3n) is 3.56. The Morgan fingerprint density at radius 1 is 1.42 bits per heavy atom. The smallest absolute Gasteiger partial charge is 0.232 e. The first-order valence-corrected chi connectivity index (χ1v) is 8.32. The number of piperazine rings is 1. The van der Waals surface area contributed by atoms with Gasteiger partial charge in [-0.2, -0.15) is 4.98 Å². The molecular weight excluding hydrogens is 494 g/mol. The Balaban J connectivity index is 0.00000288. The van der Waals surface area contributed by atoms with Crippen LogP contribution in [0.5, 0.6) is 5.88 Å². The number of rotatable bonds is 5. The van der Waals surface area contributed by atoms with Crippen molar-refractivity contribution in [2.45, 2.75) is 6.42 Å². The first-order chi connectivity index (χ1) is 11.2. The van der Waals surface area contributed by atoms with E-state index in [1.807, 2.05) is 0 Å². The third kappa shape index (κ3) is 5.57. The molecule has 1 fully saturated rings. The number of methoxy groups -OCH3 is 1. The average Bonchev–Trinajstić information content (AvgIpc) is 2.59. The van der Waals surface area contributed by atoms with Crippen LogP contribution in [0.3, 0.4) is 0 Å². The van der Waals surface area contributed by atoms with Gasteiger partial charge in [0.1, 0.15) is 0 Å². The molecule has 2 rings (SSSR count). The lowest BCUT2D eigenvalue weighted by Gasteiger charge is -2.36. The fourth-order valence-corrected chi connectivity index (χ4v) is 2.71. The number of aliphatic imine (C=N–C) groups is 1. The molecule has 1 saturated heterocycles. The van der Waals surface area contributed by atoms with Crippen molar-refractivity contribution in [1.82, 2.24) is 20.2 Å². The average molecular weight is 517 g/mol. The second-order valence-electron chi connectivity index (χ2n) is 5.02. The van der Waals surface area contributed by atoms with E-state index >= 15 is 0 Å². The fraction of sp³-hybridized carbons (Fsp3) is 0.643. The summed E-state index contributed by atoms with van der Waals surface area (Å²) in [5.41, 5.74) is 0. The molecule has 0 aliphatic carbocycles. The van der Waals surface area contributed by atoms with Crippen LogP contribution in [-0.2, 0) is 0 Å². The Kier molecular flexibility index (Phi) is 9.56. The number of hydrogen-bond donors (Lipinski definition) is 1. The molecule has 0 radical (unpaired) electrons. The molecule has 10 heteroatoms. The van der Waals surface area contributed by atoms with E-state index in [1.165, 1.54) is 0 Å². The van der Waals surface area contributed by atoms with Crippen molar-refractivity contribution in [1.29, 1.82) is 0 Å². The second kappa shape index (κ2) is 10.9. The van der Waals surface area contributed by atoms with Crippen LogP contribution in [0.1, 0.15) is 6.42 Å². The van der Waals surface area contributed by atoms with Crippen molar-refractivity contribution in [2.75, 3.05) is 58.5 Å². The lowest BCUT2D eigenvalue weighted by molar-refractivity contribution is 0.364. The summed E-state index contributed by atoms with van der Waals surface area (Å²) in [6.07, 6.45) is 2.19. The third-order valence-corrected chi connectivity index (χ3v) is 4.10. The van der Waals surface area contributed by atoms with Gasteiger partial charge in [-0.05, 0) is 22.4 Å². The highest BCUT2D eigenvalue weighted by molar-refractivity contribution is 14.0. The minimum absolute atomic E-state index is 0. The molecule has 2 heterocycles. The monoisotopic (exact) mass is 516 g/mol. The maximum atomic E-state index is 12.2. The number of alkyl halides is 1. The molecule has 7 nitrogen and oxygen atoms in total. The van der Waals surface area contributed by atoms with Crippen LogP contribution in [-0.4, -0.2) is 74.4 Å². The number of ether oxygens (including phenoxy) is 1. The van der Waals surface area contributed by atoms with Gasteiger partial charge in [0.15, 0.2) is 5.96 Å². The zero-order valence-corrected chi connectivity index (χ0v) is 17.8. The molecule has 24 heavy (non-hydrogen) atoms. The van der Waals surface area contributed by atoms with Gasteiger partial charge in [0.2, 0.25) is 11.8 Å². The van der Waals surface area contributed by atoms with Gasteiger partial charge in [-0.25, -0.2) is 4.98 Å². The van der Waals surface area contributed by atoms with Crippen LogP contribution in [0.25, 0.3) is 0 Å². The minimum Gasteiger partial charge on any atom is -0.480 e. The standard InChI is InChI=1S/C14H22BrFN6O.HI/c1-17-13(18-5-3-4-16)21-6-8-22(9-7-21)14-19-10-11(15)12(20-14)23-2;/h10H,3-9H2,1-2H3,(H,17,18);1H. The molecule has 0 saturated carbocycles. The highest BCUT2D eigenvalue weighted by Crippen LogP contribution is 2.23. The van der Waals surface area contributed by atoms with Gasteiger partial charge in [-0.1, -0.05) is 0 Å². The van der Waals surface area contributed by atoms with Crippen molar-refractivity contribution in [3.8, 4) is 5.88 Å². The first-order valence-electron chi connectivity index (χ1n) is 7.52. The van der Waals surface area contributed by atoms with Crippen LogP contribution >= 0.6 is 39.9 Å². The molecule has 0 aromatic carbocycles. The van der Waals surface area contributed by atoms with Gasteiger partial charge in [0.05, 0.1) is 24.5 Å². The van der Waals surface area contributed by atoms with E-state index in [9.17, 15) is 4.39 Å². The largest absolute Gasteiger partial charge is 0.480 e. The number of hydrogen-bond acceptors (Lipinski definition) is 5. The first kappa shape index (κ1) is 21.1. The maximum absolute atomic E-state index is 12.2. The Labute approximate surface area is 167 Å². The van der Waals surface area contributed by atoms with Crippen molar-refractivity contribution in [3.05, 3.63) is 10.7 Å². The van der Waals surface area contributed by atoms with E-state index in [1.54, 1.807) is 20.4 Å². The highest BCUT2D eigenvalue weighted by atomic mass is 127. The molecule has 1 aromatic heterocycles. The van der Waals surface area contributed by atoms with E-state index in [2.05, 4.69) is 46.0 Å². The normalized spacial score (nSPS) is 15.1. The lowest BCUT2D eigenvalue weighted by atomic mass is 10.3. The van der Waals surface area contributed by atoms with Crippen LogP contribution in [0.4, 0.5) is 10.3 Å². The summed E-state index contributed by atoms with van der Waals surface area (Å²) in [5, 5.41) is 3.18. The number of anilines is 1. The molecule has 0 bridgehead atoms. The molecule has 1 N–H and O–H groups in total. The van der Waals surface area contributed by atoms with Crippen molar-refractivity contribution >= 4 is 51.8 Å². The summed E-state index contributed by atoms with van der Waals surface area (Å²) in [5.74, 6) is 2.00. The molecule has 136 valence electrons. The van der Waals surface area contributed by atoms with E-state index in [0.717, 1.165) is 36.6 Å². The summed E-state index contributed by atoms with van der Waals surface area (Å²) < 4.78 is 18.1. The minimum atomic E-state index is -0.319. The molecule has 1 aliphatic rings. The Morgan fingerprint density at radius 2 is 2.12 bits per heavy atom. The van der Waals surface area contributed by atoms with Crippen LogP contribution in [0.15, 0.2) is 15.7 Å². The van der Waals surface area contributed by atoms with E-state index < -0.39 is 0 Å². The topological polar surface area (TPSA) is 65.9 Å². The predicted molar refractivity (Wildman–Crippen MR) is 107 cm³/mol. The predicted octanol–water partition coefficient (Wildman–Crippen LogP) is 1.92. The Bertz CT molecular complexity index is 542. The quantitative estimate of drug-likeness (QED) is 0.279. The van der Waals surface area contributed by atoms with Crippen LogP contribution < -0.4 is 15.0 Å². The number of guanidine groups is 1. The van der Waals surface area contributed by atoms with Crippen molar-refractivity contribution in [2.24, 2.45) is 4.99 Å². The zero-order valence-electron chi connectivity index (χ0n) is 13.8. The number of nitrogens with one attached hydrogen (secondary N) is 1. The van der Waals surface area contributed by atoms with Gasteiger partial charge in [0, 0.05) is 39.8 Å². The molecule has 1 aliphatic heterocycles. The number of aromatic nitrogens is 2. The van der Waals surface area contributed by atoms with Gasteiger partial charge >= 0.3 is 0 Å². The summed E-state index contributed by atoms with van der Waals surface area (Å²) >= 11 is 3.36. The van der Waals surface area contributed by atoms with Crippen molar-refractivity contribution < 1.29 is 9.13 Å². The zero-order chi connectivity index (χ0) is 16.7. The van der Waals surface area contributed by atoms with Gasteiger partial charge in [-0.15, -0.1) is 24.0 Å². The fourth-order valence-electron chi connectivity index (χ4n) is 2.36. The Morgan fingerprint density at radius 3 is 2.71 bits per heavy atom. The summed E-state index contributed by atoms with van der Waals surface area (Å²) in [7, 11) is 3.33. The molecule has 1 aromatic rings. The van der Waals surface area contributed by atoms with E-state index in [4.69, 9.17) is 4.74 Å². The van der Waals surface area contributed by atoms with Crippen molar-refractivity contribution in [3.63, 3.8) is 0 Å². The summed E-state index contributed by atoms with van der Waals surface area (Å²) in [4.78, 5) is 17.3. The molecule has 0 spiro atoms. The summed E-state index contributed by atoms with van der Waals surface area (Å²) in [6.45, 7) is 3.45. The molecule has 0 unspecified atom stereocenters. The lowest BCUT2D eigenvalue weighted by Crippen LogP contribution is -2.53. The SMILES string of the molecule is CN=C(NCCCF)N1CCN(c2ncc(Br)c(OC)n2)CC1.I. The van der Waals surface area contributed by atoms with Gasteiger partial charge in [0.25, 0.3) is 0 Å².